The Morgan fingerprint density at radius 2 is 1.79 bits per heavy atom. The van der Waals surface area contributed by atoms with E-state index in [0.29, 0.717) is 5.92 Å². The van der Waals surface area contributed by atoms with Crippen LogP contribution in [0.4, 0.5) is 5.00 Å². The van der Waals surface area contributed by atoms with Gasteiger partial charge in [0, 0.05) is 17.2 Å². The zero-order valence-corrected chi connectivity index (χ0v) is 16.7. The van der Waals surface area contributed by atoms with Gasteiger partial charge in [0.05, 0.1) is 0 Å². The number of nitrogens with one attached hydrogen (secondary N) is 1. The van der Waals surface area contributed by atoms with E-state index in [1.165, 1.54) is 46.3 Å². The lowest BCUT2D eigenvalue weighted by Crippen LogP contribution is -2.59. The van der Waals surface area contributed by atoms with Crippen molar-refractivity contribution in [1.82, 2.24) is 10.6 Å². The van der Waals surface area contributed by atoms with E-state index in [4.69, 9.17) is 4.84 Å². The number of thiophene rings is 1. The van der Waals surface area contributed by atoms with Crippen molar-refractivity contribution < 1.29 is 4.84 Å². The van der Waals surface area contributed by atoms with E-state index < -0.39 is 0 Å². The van der Waals surface area contributed by atoms with Crippen LogP contribution in [0, 0.1) is 11.8 Å². The van der Waals surface area contributed by atoms with Gasteiger partial charge in [-0.05, 0) is 61.1 Å². The van der Waals surface area contributed by atoms with Crippen molar-refractivity contribution in [3.63, 3.8) is 0 Å². The van der Waals surface area contributed by atoms with Crippen LogP contribution in [0.2, 0.25) is 0 Å². The molecule has 3 aliphatic carbocycles. The molecule has 0 radical (unpaired) electrons. The van der Waals surface area contributed by atoms with Crippen LogP contribution < -0.4 is 10.7 Å². The third-order valence-electron chi connectivity index (χ3n) is 6.85. The highest BCUT2D eigenvalue weighted by atomic mass is 32.1. The number of rotatable bonds is 3. The summed E-state index contributed by atoms with van der Waals surface area (Å²) in [7, 11) is 0. The van der Waals surface area contributed by atoms with E-state index in [-0.39, 0.29) is 5.72 Å². The van der Waals surface area contributed by atoms with Crippen molar-refractivity contribution in [3.8, 4) is 0 Å². The second kappa shape index (κ2) is 6.56. The molecule has 3 aromatic rings. The van der Waals surface area contributed by atoms with Crippen molar-refractivity contribution in [2.75, 3.05) is 5.12 Å². The van der Waals surface area contributed by atoms with Crippen LogP contribution in [-0.4, -0.2) is 10.7 Å². The molecule has 0 amide bonds. The van der Waals surface area contributed by atoms with Crippen molar-refractivity contribution in [3.05, 3.63) is 66.2 Å². The van der Waals surface area contributed by atoms with Crippen molar-refractivity contribution in [1.29, 1.82) is 0 Å². The molecule has 5 heteroatoms. The van der Waals surface area contributed by atoms with Crippen LogP contribution in [0.1, 0.15) is 37.7 Å². The smallest absolute Gasteiger partial charge is 0.166 e. The SMILES string of the molecule is c1ccc(CN2N(c3cc4ccccc4s3)NO[C@@]23CC2CCC3CC2)cc1. The summed E-state index contributed by atoms with van der Waals surface area (Å²) < 4.78 is 1.31. The Labute approximate surface area is 169 Å². The van der Waals surface area contributed by atoms with E-state index in [1.54, 1.807) is 0 Å². The Bertz CT molecular complexity index is 949. The van der Waals surface area contributed by atoms with E-state index in [1.807, 2.05) is 11.3 Å². The number of anilines is 1. The Balaban J connectivity index is 1.41. The van der Waals surface area contributed by atoms with Crippen LogP contribution in [0.5, 0.6) is 0 Å². The van der Waals surface area contributed by atoms with Crippen molar-refractivity contribution >= 4 is 26.4 Å². The summed E-state index contributed by atoms with van der Waals surface area (Å²) >= 11 is 1.82. The molecule has 0 unspecified atom stereocenters. The highest BCUT2D eigenvalue weighted by molar-refractivity contribution is 7.22. The molecule has 1 spiro atoms. The largest absolute Gasteiger partial charge is 0.256 e. The molecule has 1 aromatic heterocycles. The quantitative estimate of drug-likeness (QED) is 0.640. The van der Waals surface area contributed by atoms with Crippen molar-refractivity contribution in [2.24, 2.45) is 11.8 Å². The first-order valence-corrected chi connectivity index (χ1v) is 11.2. The molecule has 4 nitrogen and oxygen atoms in total. The van der Waals surface area contributed by atoms with Crippen LogP contribution in [-0.2, 0) is 11.4 Å². The van der Waals surface area contributed by atoms with Crippen LogP contribution in [0.25, 0.3) is 10.1 Å². The molecular weight excluding hydrogens is 366 g/mol. The molecule has 2 heterocycles. The van der Waals surface area contributed by atoms with Gasteiger partial charge in [-0.1, -0.05) is 54.1 Å². The number of fused-ring (bicyclic) bond motifs is 3. The average molecular weight is 392 g/mol. The second-order valence-corrected chi connectivity index (χ2v) is 9.50. The first kappa shape index (κ1) is 17.0. The highest BCUT2D eigenvalue weighted by Gasteiger charge is 2.58. The molecule has 2 aromatic carbocycles. The predicted octanol–water partition coefficient (Wildman–Crippen LogP) is 5.48. The molecule has 28 heavy (non-hydrogen) atoms. The fourth-order valence-electron chi connectivity index (χ4n) is 5.43. The van der Waals surface area contributed by atoms with Gasteiger partial charge in [0.1, 0.15) is 5.00 Å². The van der Waals surface area contributed by atoms with Gasteiger partial charge >= 0.3 is 0 Å². The Kier molecular flexibility index (Phi) is 3.98. The summed E-state index contributed by atoms with van der Waals surface area (Å²) in [6.45, 7) is 0.852. The topological polar surface area (TPSA) is 27.7 Å². The minimum absolute atomic E-state index is 0.229. The molecule has 2 bridgehead atoms. The number of hydrazine groups is 2. The maximum absolute atomic E-state index is 6.47. The Hall–Kier alpha value is -1.92. The first-order chi connectivity index (χ1) is 13.8. The van der Waals surface area contributed by atoms with Gasteiger partial charge < -0.3 is 0 Å². The van der Waals surface area contributed by atoms with Gasteiger partial charge in [-0.15, -0.1) is 11.3 Å². The molecule has 1 N–H and O–H groups in total. The van der Waals surface area contributed by atoms with E-state index in [2.05, 4.69) is 76.4 Å². The second-order valence-electron chi connectivity index (χ2n) is 8.44. The summed E-state index contributed by atoms with van der Waals surface area (Å²) in [6, 6.07) is 21.7. The van der Waals surface area contributed by atoms with E-state index in [9.17, 15) is 0 Å². The maximum atomic E-state index is 6.47. The fraction of sp³-hybridized carbons (Fsp3) is 0.391. The molecule has 1 atom stereocenters. The molecule has 7 rings (SSSR count). The molecule has 3 saturated carbocycles. The third-order valence-corrected chi connectivity index (χ3v) is 7.94. The summed E-state index contributed by atoms with van der Waals surface area (Å²) in [6.07, 6.45) is 6.39. The van der Waals surface area contributed by atoms with Crippen LogP contribution >= 0.6 is 11.3 Å². The standard InChI is InChI=1S/C23H25N3OS/c1-2-6-18(7-3-1)16-25-23(15-17-10-12-20(23)13-11-17)27-24-26(25)22-14-19-8-4-5-9-21(19)28-22/h1-9,14,17,20,24H,10-13,15-16H2/t17?,20?,23-/m1/s1. The predicted molar refractivity (Wildman–Crippen MR) is 113 cm³/mol. The van der Waals surface area contributed by atoms with Crippen molar-refractivity contribution in [2.45, 2.75) is 44.4 Å². The van der Waals surface area contributed by atoms with Gasteiger partial charge in [-0.25, -0.2) is 5.12 Å². The molecule has 144 valence electrons. The summed E-state index contributed by atoms with van der Waals surface area (Å²) in [5.74, 6) is 1.38. The zero-order chi connectivity index (χ0) is 18.6. The molecular formula is C23H25N3OS. The summed E-state index contributed by atoms with van der Waals surface area (Å²) in [5.41, 5.74) is 4.41. The average Bonchev–Trinajstić information content (AvgIpc) is 3.32. The van der Waals surface area contributed by atoms with Crippen LogP contribution in [0.15, 0.2) is 60.7 Å². The lowest BCUT2D eigenvalue weighted by Gasteiger charge is -2.51. The highest BCUT2D eigenvalue weighted by Crippen LogP contribution is 2.53. The van der Waals surface area contributed by atoms with Gasteiger partial charge in [0.25, 0.3) is 0 Å². The molecule has 1 aliphatic heterocycles. The van der Waals surface area contributed by atoms with Crippen LogP contribution in [0.3, 0.4) is 0 Å². The maximum Gasteiger partial charge on any atom is 0.166 e. The first-order valence-electron chi connectivity index (χ1n) is 10.4. The minimum atomic E-state index is -0.229. The lowest BCUT2D eigenvalue weighted by molar-refractivity contribution is -0.201. The van der Waals surface area contributed by atoms with Gasteiger partial charge in [-0.3, -0.25) is 4.84 Å². The molecule has 4 aliphatic rings. The summed E-state index contributed by atoms with van der Waals surface area (Å²) in [5, 5.41) is 7.13. The van der Waals surface area contributed by atoms with E-state index in [0.717, 1.165) is 18.9 Å². The van der Waals surface area contributed by atoms with Gasteiger partial charge in [0.15, 0.2) is 5.72 Å². The summed E-state index contributed by atoms with van der Waals surface area (Å²) in [4.78, 5) is 6.47. The van der Waals surface area contributed by atoms with Gasteiger partial charge in [-0.2, -0.15) is 5.01 Å². The number of benzene rings is 2. The molecule has 1 saturated heterocycles. The Morgan fingerprint density at radius 1 is 1.00 bits per heavy atom. The third kappa shape index (κ3) is 2.61. The van der Waals surface area contributed by atoms with Gasteiger partial charge in [0.2, 0.25) is 0 Å². The molecule has 4 fully saturated rings. The number of hydrogen-bond acceptors (Lipinski definition) is 5. The Morgan fingerprint density at radius 3 is 2.54 bits per heavy atom. The minimum Gasteiger partial charge on any atom is -0.256 e. The normalized spacial score (nSPS) is 29.9. The zero-order valence-electron chi connectivity index (χ0n) is 15.9. The number of hydrogen-bond donors (Lipinski definition) is 1. The monoisotopic (exact) mass is 391 g/mol. The lowest BCUT2D eigenvalue weighted by atomic mass is 9.65. The number of nitrogens with zero attached hydrogens (tertiary/aromatic N) is 2. The van der Waals surface area contributed by atoms with E-state index >= 15 is 0 Å². The fourth-order valence-corrected chi connectivity index (χ4v) is 6.45.